The average Bonchev–Trinajstić information content (AvgIpc) is 2.66. The average molecular weight is 431 g/mol. The lowest BCUT2D eigenvalue weighted by Gasteiger charge is -2.54. The molecule has 6 aliphatic rings. The van der Waals surface area contributed by atoms with Gasteiger partial charge in [-0.15, -0.1) is 0 Å². The Morgan fingerprint density at radius 2 is 1.70 bits per heavy atom. The lowest BCUT2D eigenvalue weighted by atomic mass is 9.54. The molecule has 1 aliphatic heterocycles. The van der Waals surface area contributed by atoms with E-state index in [0.717, 1.165) is 86.1 Å². The third-order valence-corrected chi connectivity index (χ3v) is 8.81. The fourth-order valence-electron chi connectivity index (χ4n) is 6.55. The molecule has 5 saturated carbocycles. The number of anilines is 1. The molecular formula is C23H34N4O2S. The van der Waals surface area contributed by atoms with E-state index in [4.69, 9.17) is 5.73 Å². The van der Waals surface area contributed by atoms with Gasteiger partial charge in [0.1, 0.15) is 0 Å². The van der Waals surface area contributed by atoms with E-state index in [1.807, 2.05) is 11.8 Å². The molecule has 4 bridgehead atoms. The normalized spacial score (nSPS) is 34.8. The standard InChI is InChI=1S/C13H18N4OS.C10H16O/c14-12(18)10-8-15-13(17-4-6-19-7-5-17)16-11(10)9-2-1-3-9;11-10-4-7-1-8(5-10)3-9(2-7)6-10/h8-9H,1-7H2,(H2,14,18);7-9,11H,1-6H2. The van der Waals surface area contributed by atoms with Crippen molar-refractivity contribution in [1.29, 1.82) is 0 Å². The van der Waals surface area contributed by atoms with Crippen LogP contribution in [0.2, 0.25) is 0 Å². The van der Waals surface area contributed by atoms with Gasteiger partial charge < -0.3 is 15.7 Å². The smallest absolute Gasteiger partial charge is 0.252 e. The van der Waals surface area contributed by atoms with Crippen molar-refractivity contribution in [3.05, 3.63) is 17.5 Å². The first-order chi connectivity index (χ1) is 14.5. The Morgan fingerprint density at radius 1 is 1.10 bits per heavy atom. The summed E-state index contributed by atoms with van der Waals surface area (Å²) in [5.74, 6) is 5.64. The fraction of sp³-hybridized carbons (Fsp3) is 0.783. The van der Waals surface area contributed by atoms with Crippen LogP contribution >= 0.6 is 11.8 Å². The Balaban J connectivity index is 0.000000147. The van der Waals surface area contributed by atoms with E-state index in [-0.39, 0.29) is 5.60 Å². The van der Waals surface area contributed by atoms with Gasteiger partial charge in [0.2, 0.25) is 5.95 Å². The largest absolute Gasteiger partial charge is 0.390 e. The highest BCUT2D eigenvalue weighted by Gasteiger charge is 2.49. The molecule has 5 aliphatic carbocycles. The second-order valence-corrected chi connectivity index (χ2v) is 11.4. The van der Waals surface area contributed by atoms with Gasteiger partial charge >= 0.3 is 0 Å². The molecule has 2 heterocycles. The summed E-state index contributed by atoms with van der Waals surface area (Å²) < 4.78 is 0. The molecule has 0 unspecified atom stereocenters. The molecule has 3 N–H and O–H groups in total. The number of carbonyl (C=O) groups is 1. The number of aliphatic hydroxyl groups is 1. The summed E-state index contributed by atoms with van der Waals surface area (Å²) in [6, 6.07) is 0. The van der Waals surface area contributed by atoms with Crippen molar-refractivity contribution in [2.45, 2.75) is 69.3 Å². The minimum Gasteiger partial charge on any atom is -0.390 e. The summed E-state index contributed by atoms with van der Waals surface area (Å²) in [4.78, 5) is 22.7. The second-order valence-electron chi connectivity index (χ2n) is 10.2. The molecule has 1 amide bonds. The Hall–Kier alpha value is -1.34. The summed E-state index contributed by atoms with van der Waals surface area (Å²) in [6.07, 6.45) is 12.7. The van der Waals surface area contributed by atoms with Crippen LogP contribution in [-0.4, -0.2) is 51.2 Å². The number of carbonyl (C=O) groups excluding carboxylic acids is 1. The SMILES string of the molecule is NC(=O)c1cnc(N2CCSCC2)nc1C1CCC1.OC12CC3CC(CC(C3)C1)C2. The third kappa shape index (κ3) is 4.20. The van der Waals surface area contributed by atoms with Crippen LogP contribution in [0, 0.1) is 17.8 Å². The first-order valence-corrected chi connectivity index (χ1v) is 12.9. The van der Waals surface area contributed by atoms with Crippen LogP contribution in [0.1, 0.15) is 79.8 Å². The molecule has 1 aromatic rings. The highest BCUT2D eigenvalue weighted by molar-refractivity contribution is 7.99. The molecule has 7 rings (SSSR count). The molecule has 1 aromatic heterocycles. The lowest BCUT2D eigenvalue weighted by Crippen LogP contribution is -2.50. The van der Waals surface area contributed by atoms with Crippen LogP contribution < -0.4 is 10.6 Å². The number of rotatable bonds is 3. The van der Waals surface area contributed by atoms with Gasteiger partial charge in [0.25, 0.3) is 5.91 Å². The maximum Gasteiger partial charge on any atom is 0.252 e. The van der Waals surface area contributed by atoms with Gasteiger partial charge in [0.15, 0.2) is 0 Å². The number of nitrogens with zero attached hydrogens (tertiary/aromatic N) is 3. The van der Waals surface area contributed by atoms with Crippen LogP contribution in [0.4, 0.5) is 5.95 Å². The summed E-state index contributed by atoms with van der Waals surface area (Å²) in [5.41, 5.74) is 6.59. The van der Waals surface area contributed by atoms with Crippen molar-refractivity contribution in [2.75, 3.05) is 29.5 Å². The topological polar surface area (TPSA) is 92.3 Å². The second kappa shape index (κ2) is 8.30. The van der Waals surface area contributed by atoms with E-state index in [9.17, 15) is 9.90 Å². The minimum absolute atomic E-state index is 0.200. The third-order valence-electron chi connectivity index (χ3n) is 7.86. The molecule has 1 saturated heterocycles. The molecule has 164 valence electrons. The van der Waals surface area contributed by atoms with Gasteiger partial charge in [-0.05, 0) is 69.1 Å². The number of hydrogen-bond donors (Lipinski definition) is 2. The van der Waals surface area contributed by atoms with E-state index in [0.29, 0.717) is 11.5 Å². The maximum absolute atomic E-state index is 11.5. The first-order valence-electron chi connectivity index (χ1n) is 11.7. The molecule has 0 atom stereocenters. The Morgan fingerprint density at radius 3 is 2.17 bits per heavy atom. The van der Waals surface area contributed by atoms with Gasteiger partial charge in [0.05, 0.1) is 16.9 Å². The lowest BCUT2D eigenvalue weighted by molar-refractivity contribution is -0.124. The summed E-state index contributed by atoms with van der Waals surface area (Å²) in [7, 11) is 0. The zero-order valence-corrected chi connectivity index (χ0v) is 18.6. The Kier molecular flexibility index (Phi) is 5.69. The van der Waals surface area contributed by atoms with E-state index in [1.54, 1.807) is 6.20 Å². The molecular weight excluding hydrogens is 396 g/mol. The molecule has 0 spiro atoms. The molecule has 7 heteroatoms. The fourth-order valence-corrected chi connectivity index (χ4v) is 7.45. The number of hydrogen-bond acceptors (Lipinski definition) is 6. The predicted molar refractivity (Wildman–Crippen MR) is 120 cm³/mol. The number of amides is 1. The van der Waals surface area contributed by atoms with Crippen molar-refractivity contribution in [3.63, 3.8) is 0 Å². The zero-order valence-electron chi connectivity index (χ0n) is 17.8. The van der Waals surface area contributed by atoms with E-state index in [1.165, 1.54) is 25.7 Å². The van der Waals surface area contributed by atoms with Gasteiger partial charge in [-0.2, -0.15) is 11.8 Å². The van der Waals surface area contributed by atoms with Crippen LogP contribution in [0.5, 0.6) is 0 Å². The van der Waals surface area contributed by atoms with Crippen molar-refractivity contribution in [3.8, 4) is 0 Å². The van der Waals surface area contributed by atoms with Crippen LogP contribution in [-0.2, 0) is 0 Å². The van der Waals surface area contributed by atoms with Crippen LogP contribution in [0.15, 0.2) is 6.20 Å². The highest BCUT2D eigenvalue weighted by Crippen LogP contribution is 2.55. The predicted octanol–water partition coefficient (Wildman–Crippen LogP) is 3.34. The quantitative estimate of drug-likeness (QED) is 0.764. The van der Waals surface area contributed by atoms with Gasteiger partial charge in [0, 0.05) is 36.7 Å². The van der Waals surface area contributed by atoms with Crippen molar-refractivity contribution >= 4 is 23.6 Å². The summed E-state index contributed by atoms with van der Waals surface area (Å²) >= 11 is 1.96. The molecule has 6 nitrogen and oxygen atoms in total. The zero-order chi connectivity index (χ0) is 20.7. The molecule has 0 aromatic carbocycles. The maximum atomic E-state index is 11.5. The number of primary amides is 1. The van der Waals surface area contributed by atoms with Crippen molar-refractivity contribution in [2.24, 2.45) is 23.5 Å². The minimum atomic E-state index is -0.414. The summed E-state index contributed by atoms with van der Waals surface area (Å²) in [6.45, 7) is 1.95. The van der Waals surface area contributed by atoms with Gasteiger partial charge in [-0.3, -0.25) is 4.79 Å². The van der Waals surface area contributed by atoms with E-state index in [2.05, 4.69) is 14.9 Å². The molecule has 30 heavy (non-hydrogen) atoms. The number of aromatic nitrogens is 2. The Labute approximate surface area is 183 Å². The highest BCUT2D eigenvalue weighted by atomic mass is 32.2. The summed E-state index contributed by atoms with van der Waals surface area (Å²) in [5, 5.41) is 10.1. The van der Waals surface area contributed by atoms with Gasteiger partial charge in [-0.1, -0.05) is 6.42 Å². The van der Waals surface area contributed by atoms with Gasteiger partial charge in [-0.25, -0.2) is 9.97 Å². The first kappa shape index (κ1) is 20.6. The van der Waals surface area contributed by atoms with Crippen LogP contribution in [0.25, 0.3) is 0 Å². The molecule has 6 fully saturated rings. The number of thioether (sulfide) groups is 1. The number of nitrogens with two attached hydrogens (primary N) is 1. The van der Waals surface area contributed by atoms with Crippen molar-refractivity contribution in [1.82, 2.24) is 9.97 Å². The molecule has 0 radical (unpaired) electrons. The Bertz CT molecular complexity index is 756. The van der Waals surface area contributed by atoms with Crippen LogP contribution in [0.3, 0.4) is 0 Å². The van der Waals surface area contributed by atoms with Crippen molar-refractivity contribution < 1.29 is 9.90 Å². The van der Waals surface area contributed by atoms with E-state index >= 15 is 0 Å². The monoisotopic (exact) mass is 430 g/mol. The van der Waals surface area contributed by atoms with E-state index < -0.39 is 5.91 Å².